The van der Waals surface area contributed by atoms with Crippen LogP contribution >= 0.6 is 0 Å². The van der Waals surface area contributed by atoms with Crippen molar-refractivity contribution in [3.63, 3.8) is 0 Å². The summed E-state index contributed by atoms with van der Waals surface area (Å²) in [5.41, 5.74) is -2.34. The lowest BCUT2D eigenvalue weighted by molar-refractivity contribution is -0.290. The van der Waals surface area contributed by atoms with Crippen LogP contribution in [-0.2, 0) is 30.1 Å². The Balaban J connectivity index is 2.08. The van der Waals surface area contributed by atoms with E-state index in [0.29, 0.717) is 42.4 Å². The molecule has 0 amide bonds. The largest absolute Gasteiger partial charge is 0.478 e. The molecule has 11 heteroatoms. The van der Waals surface area contributed by atoms with Gasteiger partial charge in [0, 0.05) is 12.0 Å². The molecule has 0 spiro atoms. The molecule has 1 atom stereocenters. The highest BCUT2D eigenvalue weighted by molar-refractivity contribution is 5.75. The number of hydrogen-bond donors (Lipinski definition) is 1. The van der Waals surface area contributed by atoms with E-state index in [1.807, 2.05) is 13.8 Å². The molecule has 0 aliphatic rings. The first kappa shape index (κ1) is 30.8. The third-order valence-corrected chi connectivity index (χ3v) is 6.41. The van der Waals surface area contributed by atoms with Gasteiger partial charge in [0.05, 0.1) is 12.2 Å². The Morgan fingerprint density at radius 2 is 1.70 bits per heavy atom. The maximum absolute atomic E-state index is 14.4. The fraction of sp³-hybridized carbons (Fsp3) is 0.414. The number of alkyl halides is 5. The summed E-state index contributed by atoms with van der Waals surface area (Å²) in [5, 5.41) is 9.75. The maximum atomic E-state index is 14.4. The third-order valence-electron chi connectivity index (χ3n) is 6.41. The lowest BCUT2D eigenvalue weighted by Gasteiger charge is -2.23. The highest BCUT2D eigenvalue weighted by Gasteiger charge is 2.61. The van der Waals surface area contributed by atoms with Crippen molar-refractivity contribution in [1.82, 2.24) is 9.55 Å². The molecule has 1 aromatic heterocycles. The van der Waals surface area contributed by atoms with E-state index < -0.39 is 41.0 Å². The van der Waals surface area contributed by atoms with Gasteiger partial charge in [0.25, 0.3) is 5.56 Å². The zero-order valence-electron chi connectivity index (χ0n) is 22.4. The van der Waals surface area contributed by atoms with Crippen LogP contribution in [0.15, 0.2) is 53.3 Å². The van der Waals surface area contributed by atoms with E-state index in [0.717, 1.165) is 11.5 Å². The molecule has 40 heavy (non-hydrogen) atoms. The van der Waals surface area contributed by atoms with Crippen LogP contribution in [0, 0.1) is 6.92 Å². The molecule has 0 aliphatic carbocycles. The molecule has 0 bridgehead atoms. The van der Waals surface area contributed by atoms with Gasteiger partial charge < -0.3 is 9.84 Å². The summed E-state index contributed by atoms with van der Waals surface area (Å²) in [6.07, 6.45) is -4.69. The summed E-state index contributed by atoms with van der Waals surface area (Å²) in [7, 11) is 0. The molecule has 216 valence electrons. The van der Waals surface area contributed by atoms with Crippen molar-refractivity contribution in [3.8, 4) is 5.75 Å². The van der Waals surface area contributed by atoms with Crippen LogP contribution in [-0.4, -0.2) is 26.8 Å². The van der Waals surface area contributed by atoms with Gasteiger partial charge >= 0.3 is 18.1 Å². The molecule has 3 aromatic rings. The third kappa shape index (κ3) is 6.68. The van der Waals surface area contributed by atoms with Gasteiger partial charge in [-0.05, 0) is 37.0 Å². The van der Waals surface area contributed by atoms with Crippen molar-refractivity contribution in [3.05, 3.63) is 92.7 Å². The minimum atomic E-state index is -5.96. The zero-order valence-corrected chi connectivity index (χ0v) is 22.4. The second kappa shape index (κ2) is 12.6. The highest BCUT2D eigenvalue weighted by Crippen LogP contribution is 2.43. The number of nitrogens with zero attached hydrogens (tertiary/aromatic N) is 2. The van der Waals surface area contributed by atoms with Crippen LogP contribution < -0.4 is 10.3 Å². The van der Waals surface area contributed by atoms with Crippen molar-refractivity contribution in [1.29, 1.82) is 0 Å². The predicted molar refractivity (Wildman–Crippen MR) is 139 cm³/mol. The van der Waals surface area contributed by atoms with Crippen LogP contribution in [0.2, 0.25) is 0 Å². The molecule has 0 aliphatic heterocycles. The second-order valence-corrected chi connectivity index (χ2v) is 9.49. The number of aryl methyl sites for hydroxylation is 3. The van der Waals surface area contributed by atoms with Crippen LogP contribution in [0.3, 0.4) is 0 Å². The molecule has 0 fully saturated rings. The minimum Gasteiger partial charge on any atom is -0.478 e. The van der Waals surface area contributed by atoms with Gasteiger partial charge in [-0.1, -0.05) is 69.2 Å². The van der Waals surface area contributed by atoms with Gasteiger partial charge in [-0.25, -0.2) is 9.78 Å². The molecule has 6 nitrogen and oxygen atoms in total. The standard InChI is InChI=1S/C29H31F5N2O4/c1-4-6-13-23-35-18(3)24(28(30,31)29(32,33)34)26(37)36(23)17-19-14-15-22(21(16-19)10-5-2)40-25(27(38)39)20-11-8-7-9-12-20/h7-9,11-12,14-16,25H,4-6,10,13,17H2,1-3H3,(H,38,39). The van der Waals surface area contributed by atoms with Gasteiger partial charge in [0.15, 0.2) is 0 Å². The van der Waals surface area contributed by atoms with E-state index in [1.165, 1.54) is 12.1 Å². The number of benzene rings is 2. The Bertz CT molecular complexity index is 1390. The van der Waals surface area contributed by atoms with Crippen molar-refractivity contribution in [2.75, 3.05) is 0 Å². The average Bonchev–Trinajstić information content (AvgIpc) is 2.88. The Labute approximate surface area is 228 Å². The summed E-state index contributed by atoms with van der Waals surface area (Å²) in [6.45, 7) is 4.44. The van der Waals surface area contributed by atoms with Crippen LogP contribution in [0.5, 0.6) is 5.75 Å². The molecule has 1 heterocycles. The molecule has 3 rings (SSSR count). The molecule has 0 saturated heterocycles. The van der Waals surface area contributed by atoms with Crippen LogP contribution in [0.4, 0.5) is 22.0 Å². The number of aromatic nitrogens is 2. The maximum Gasteiger partial charge on any atom is 0.458 e. The fourth-order valence-corrected chi connectivity index (χ4v) is 4.42. The summed E-state index contributed by atoms with van der Waals surface area (Å²) in [6, 6.07) is 13.0. The summed E-state index contributed by atoms with van der Waals surface area (Å²) >= 11 is 0. The molecule has 1 unspecified atom stereocenters. The number of carboxylic acids is 1. The first-order valence-corrected chi connectivity index (χ1v) is 12.9. The van der Waals surface area contributed by atoms with E-state index in [2.05, 4.69) is 4.98 Å². The van der Waals surface area contributed by atoms with E-state index in [4.69, 9.17) is 4.74 Å². The molecule has 0 radical (unpaired) electrons. The molecule has 1 N–H and O–H groups in total. The predicted octanol–water partition coefficient (Wildman–Crippen LogP) is 6.75. The van der Waals surface area contributed by atoms with Gasteiger partial charge in [-0.3, -0.25) is 9.36 Å². The average molecular weight is 567 g/mol. The summed E-state index contributed by atoms with van der Waals surface area (Å²) in [4.78, 5) is 29.1. The first-order chi connectivity index (χ1) is 18.8. The zero-order chi connectivity index (χ0) is 29.7. The smallest absolute Gasteiger partial charge is 0.458 e. The Hall–Kier alpha value is -3.76. The Morgan fingerprint density at radius 3 is 2.27 bits per heavy atom. The first-order valence-electron chi connectivity index (χ1n) is 12.9. The Kier molecular flexibility index (Phi) is 9.70. The number of unbranched alkanes of at least 4 members (excludes halogenated alkanes) is 1. The van der Waals surface area contributed by atoms with Crippen LogP contribution in [0.25, 0.3) is 0 Å². The lowest BCUT2D eigenvalue weighted by Crippen LogP contribution is -2.42. The monoisotopic (exact) mass is 566 g/mol. The van der Waals surface area contributed by atoms with E-state index >= 15 is 0 Å². The van der Waals surface area contributed by atoms with Crippen molar-refractivity contribution < 1.29 is 36.6 Å². The normalized spacial score (nSPS) is 12.8. The van der Waals surface area contributed by atoms with E-state index in [1.54, 1.807) is 36.4 Å². The molecule has 0 saturated carbocycles. The van der Waals surface area contributed by atoms with Gasteiger partial charge in [-0.15, -0.1) is 0 Å². The van der Waals surface area contributed by atoms with Gasteiger partial charge in [0.1, 0.15) is 17.1 Å². The van der Waals surface area contributed by atoms with Crippen LogP contribution in [0.1, 0.15) is 73.0 Å². The SMILES string of the molecule is CCCCc1nc(C)c(C(F)(F)C(F)(F)F)c(=O)n1Cc1ccc(OC(C(=O)O)c2ccccc2)c(CCC)c1. The lowest BCUT2D eigenvalue weighted by atomic mass is 10.0. The summed E-state index contributed by atoms with van der Waals surface area (Å²) in [5.74, 6) is -6.18. The number of hydrogen-bond acceptors (Lipinski definition) is 4. The molecular formula is C29H31F5N2O4. The second-order valence-electron chi connectivity index (χ2n) is 9.49. The number of carbonyl (C=O) groups is 1. The topological polar surface area (TPSA) is 81.4 Å². The molecule has 2 aromatic carbocycles. The molecular weight excluding hydrogens is 535 g/mol. The van der Waals surface area contributed by atoms with Gasteiger partial charge in [-0.2, -0.15) is 22.0 Å². The van der Waals surface area contributed by atoms with Gasteiger partial charge in [0.2, 0.25) is 6.10 Å². The number of halogens is 5. The fourth-order valence-electron chi connectivity index (χ4n) is 4.42. The van der Waals surface area contributed by atoms with E-state index in [-0.39, 0.29) is 24.5 Å². The number of aliphatic carboxylic acids is 1. The number of rotatable bonds is 12. The minimum absolute atomic E-state index is 0.110. The van der Waals surface area contributed by atoms with Crippen molar-refractivity contribution >= 4 is 5.97 Å². The number of ether oxygens (including phenoxy) is 1. The van der Waals surface area contributed by atoms with Crippen molar-refractivity contribution in [2.24, 2.45) is 0 Å². The highest BCUT2D eigenvalue weighted by atomic mass is 19.4. The number of carboxylic acid groups (broad SMARTS) is 1. The summed E-state index contributed by atoms with van der Waals surface area (Å²) < 4.78 is 75.2. The van der Waals surface area contributed by atoms with Crippen molar-refractivity contribution in [2.45, 2.75) is 77.6 Å². The Morgan fingerprint density at radius 1 is 1.02 bits per heavy atom. The quantitative estimate of drug-likeness (QED) is 0.245. The van der Waals surface area contributed by atoms with E-state index in [9.17, 15) is 36.6 Å².